The molecule has 1 unspecified atom stereocenters. The normalized spacial score (nSPS) is 24.8. The van der Waals surface area contributed by atoms with Crippen molar-refractivity contribution in [2.45, 2.75) is 50.9 Å². The Morgan fingerprint density at radius 2 is 2.00 bits per heavy atom. The minimum atomic E-state index is -4.36. The van der Waals surface area contributed by atoms with E-state index in [0.717, 1.165) is 46.9 Å². The van der Waals surface area contributed by atoms with Crippen LogP contribution in [-0.4, -0.2) is 58.3 Å². The van der Waals surface area contributed by atoms with Crippen LogP contribution in [0.4, 0.5) is 4.39 Å². The van der Waals surface area contributed by atoms with Crippen molar-refractivity contribution in [2.75, 3.05) is 13.7 Å². The number of halogens is 1. The molecular weight excluding hydrogens is 568 g/mol. The van der Waals surface area contributed by atoms with E-state index in [0.29, 0.717) is 0 Å². The first-order valence-electron chi connectivity index (χ1n) is 12.1. The topological polar surface area (TPSA) is 158 Å². The molecule has 0 saturated carbocycles. The Hall–Kier alpha value is -3.13. The highest BCUT2D eigenvalue weighted by Gasteiger charge is 2.55. The average molecular weight is 598 g/mol. The van der Waals surface area contributed by atoms with Crippen molar-refractivity contribution < 1.29 is 37.4 Å². The van der Waals surface area contributed by atoms with Gasteiger partial charge in [-0.25, -0.2) is 13.8 Å². The highest BCUT2D eigenvalue weighted by molar-refractivity contribution is 7.52. The lowest BCUT2D eigenvalue weighted by Gasteiger charge is -2.25. The Labute approximate surface area is 232 Å². The average Bonchev–Trinajstić information content (AvgIpc) is 3.43. The number of aromatic amines is 1. The third kappa shape index (κ3) is 6.27. The van der Waals surface area contributed by atoms with E-state index in [9.17, 15) is 24.1 Å². The number of aromatic nitrogens is 2. The van der Waals surface area contributed by atoms with E-state index in [1.807, 2.05) is 23.4 Å². The number of aliphatic hydroxyl groups excluding tert-OH is 1. The van der Waals surface area contributed by atoms with Crippen LogP contribution in [0.1, 0.15) is 25.6 Å². The molecule has 1 aliphatic rings. The number of nitrogens with one attached hydrogen (secondary N) is 2. The second-order valence-electron chi connectivity index (χ2n) is 9.36. The largest absolute Gasteiger partial charge is 0.468 e. The summed E-state index contributed by atoms with van der Waals surface area (Å²) in [4.78, 5) is 38.7. The van der Waals surface area contributed by atoms with Crippen LogP contribution in [0.5, 0.6) is 5.75 Å². The highest BCUT2D eigenvalue weighted by Crippen LogP contribution is 2.48. The first-order valence-corrected chi connectivity index (χ1v) is 14.5. The van der Waals surface area contributed by atoms with Crippen LogP contribution in [0.3, 0.4) is 0 Å². The Kier molecular flexibility index (Phi) is 8.78. The lowest BCUT2D eigenvalue weighted by Crippen LogP contribution is -2.43. The van der Waals surface area contributed by atoms with Crippen molar-refractivity contribution in [1.82, 2.24) is 14.6 Å². The molecule has 0 spiro atoms. The standard InChI is InChI=1S/C25H29FN3O9PS/c1-14-10-12-40-20(14)16-5-7-17(8-6-16)38-39(34,28-15(2)22(32)35-4)36-13-18-21(31)25(3,26)23(37-18)29-11-9-19(30)27-24(29)33/h5-12,15,18,21,23,31H,13H2,1-4H3,(H,28,34)(H,27,30,33)/t15-,18+,21+,23+,25+,39?/m0/s1. The Balaban J connectivity index is 1.54. The zero-order chi connectivity index (χ0) is 29.2. The molecule has 0 radical (unpaired) electrons. The number of carbonyl (C=O) groups is 1. The molecule has 6 atom stereocenters. The zero-order valence-electron chi connectivity index (χ0n) is 22.0. The number of benzene rings is 1. The first kappa shape index (κ1) is 29.8. The van der Waals surface area contributed by atoms with Crippen molar-refractivity contribution in [3.05, 3.63) is 74.4 Å². The van der Waals surface area contributed by atoms with Crippen LogP contribution in [0.15, 0.2) is 57.6 Å². The number of H-pyrrole nitrogens is 1. The van der Waals surface area contributed by atoms with Gasteiger partial charge in [-0.05, 0) is 67.6 Å². The summed E-state index contributed by atoms with van der Waals surface area (Å²) in [5.41, 5.74) is -2.12. The van der Waals surface area contributed by atoms with Crippen molar-refractivity contribution in [3.63, 3.8) is 0 Å². The highest BCUT2D eigenvalue weighted by atomic mass is 32.1. The maximum atomic E-state index is 15.5. The molecular formula is C25H29FN3O9PS. The molecule has 2 aromatic heterocycles. The van der Waals surface area contributed by atoms with E-state index in [-0.39, 0.29) is 5.75 Å². The van der Waals surface area contributed by atoms with Gasteiger partial charge in [0.05, 0.1) is 13.7 Å². The maximum Gasteiger partial charge on any atom is 0.459 e. The van der Waals surface area contributed by atoms with Crippen molar-refractivity contribution in [3.8, 4) is 16.2 Å². The van der Waals surface area contributed by atoms with E-state index in [4.69, 9.17) is 13.8 Å². The number of hydrogen-bond acceptors (Lipinski definition) is 10. The molecule has 3 N–H and O–H groups in total. The fourth-order valence-corrected chi connectivity index (χ4v) is 6.60. The van der Waals surface area contributed by atoms with Crippen LogP contribution in [-0.2, 0) is 23.4 Å². The summed E-state index contributed by atoms with van der Waals surface area (Å²) in [5.74, 6) is -0.603. The molecule has 0 bridgehead atoms. The van der Waals surface area contributed by atoms with E-state index in [1.54, 1.807) is 35.6 Å². The molecule has 0 aliphatic carbocycles. The summed E-state index contributed by atoms with van der Waals surface area (Å²) < 4.78 is 51.5. The number of aryl methyl sites for hydroxylation is 1. The van der Waals surface area contributed by atoms with E-state index in [1.165, 1.54) is 6.92 Å². The molecule has 40 heavy (non-hydrogen) atoms. The number of carbonyl (C=O) groups excluding carboxylic acids is 1. The van der Waals surface area contributed by atoms with Crippen LogP contribution >= 0.6 is 19.1 Å². The second kappa shape index (κ2) is 11.8. The SMILES string of the molecule is COC(=O)[C@H](C)NP(=O)(OC[C@H]1O[C@@H](n2ccc(=O)[nH]c2=O)[C@](C)(F)[C@@H]1O)Oc1ccc(-c2sccc2C)cc1. The number of ether oxygens (including phenoxy) is 2. The first-order chi connectivity index (χ1) is 18.8. The van der Waals surface area contributed by atoms with Crippen LogP contribution < -0.4 is 20.9 Å². The van der Waals surface area contributed by atoms with Crippen LogP contribution in [0.2, 0.25) is 0 Å². The van der Waals surface area contributed by atoms with Gasteiger partial charge in [0.25, 0.3) is 5.56 Å². The molecule has 12 nitrogen and oxygen atoms in total. The summed E-state index contributed by atoms with van der Waals surface area (Å²) >= 11 is 1.57. The van der Waals surface area contributed by atoms with Gasteiger partial charge >= 0.3 is 19.4 Å². The van der Waals surface area contributed by atoms with Gasteiger partial charge in [0.2, 0.25) is 0 Å². The minimum Gasteiger partial charge on any atom is -0.468 e. The summed E-state index contributed by atoms with van der Waals surface area (Å²) in [7, 11) is -3.20. The van der Waals surface area contributed by atoms with Crippen molar-refractivity contribution in [2.24, 2.45) is 0 Å². The maximum absolute atomic E-state index is 15.5. The van der Waals surface area contributed by atoms with Gasteiger partial charge in [-0.3, -0.25) is 23.7 Å². The van der Waals surface area contributed by atoms with Gasteiger partial charge in [-0.2, -0.15) is 5.09 Å². The number of alkyl halides is 1. The van der Waals surface area contributed by atoms with E-state index < -0.39 is 61.7 Å². The number of nitrogens with zero attached hydrogens (tertiary/aromatic N) is 1. The molecule has 15 heteroatoms. The van der Waals surface area contributed by atoms with E-state index >= 15 is 4.39 Å². The van der Waals surface area contributed by atoms with Crippen LogP contribution in [0, 0.1) is 6.92 Å². The molecule has 3 heterocycles. The van der Waals surface area contributed by atoms with Gasteiger partial charge in [-0.1, -0.05) is 0 Å². The molecule has 216 valence electrons. The van der Waals surface area contributed by atoms with Gasteiger partial charge in [0, 0.05) is 17.1 Å². The number of aliphatic hydroxyl groups is 1. The molecule has 3 aromatic rings. The molecule has 1 saturated heterocycles. The Morgan fingerprint density at radius 3 is 2.60 bits per heavy atom. The lowest BCUT2D eigenvalue weighted by molar-refractivity contribution is -0.142. The summed E-state index contributed by atoms with van der Waals surface area (Å²) in [6.45, 7) is 3.73. The molecule has 1 aliphatic heterocycles. The summed E-state index contributed by atoms with van der Waals surface area (Å²) in [6, 6.07) is 8.56. The summed E-state index contributed by atoms with van der Waals surface area (Å²) in [6.07, 6.45) is -3.82. The Bertz CT molecular complexity index is 1520. The Morgan fingerprint density at radius 1 is 1.30 bits per heavy atom. The minimum absolute atomic E-state index is 0.145. The molecule has 0 amide bonds. The molecule has 1 fully saturated rings. The lowest BCUT2D eigenvalue weighted by atomic mass is 9.98. The van der Waals surface area contributed by atoms with Gasteiger partial charge < -0.3 is 19.1 Å². The summed E-state index contributed by atoms with van der Waals surface area (Å²) in [5, 5.41) is 15.1. The van der Waals surface area contributed by atoms with Crippen LogP contribution in [0.25, 0.3) is 10.4 Å². The monoisotopic (exact) mass is 597 g/mol. The van der Waals surface area contributed by atoms with Crippen molar-refractivity contribution in [1.29, 1.82) is 0 Å². The number of hydrogen-bond donors (Lipinski definition) is 3. The third-order valence-corrected chi connectivity index (χ3v) is 9.05. The molecule has 1 aromatic carbocycles. The predicted octanol–water partition coefficient (Wildman–Crippen LogP) is 2.91. The van der Waals surface area contributed by atoms with Gasteiger partial charge in [-0.15, -0.1) is 11.3 Å². The quantitative estimate of drug-likeness (QED) is 0.234. The third-order valence-electron chi connectivity index (χ3n) is 6.34. The number of thiophene rings is 1. The van der Waals surface area contributed by atoms with Gasteiger partial charge in [0.15, 0.2) is 11.9 Å². The smallest absolute Gasteiger partial charge is 0.459 e. The van der Waals surface area contributed by atoms with Gasteiger partial charge in [0.1, 0.15) is 24.0 Å². The number of rotatable bonds is 10. The number of esters is 1. The van der Waals surface area contributed by atoms with Crippen molar-refractivity contribution >= 4 is 25.1 Å². The molecule has 4 rings (SSSR count). The second-order valence-corrected chi connectivity index (χ2v) is 12.0. The van der Waals surface area contributed by atoms with E-state index in [2.05, 4.69) is 9.82 Å². The number of methoxy groups -OCH3 is 1. The fourth-order valence-electron chi connectivity index (χ4n) is 4.17. The zero-order valence-corrected chi connectivity index (χ0v) is 23.7. The fraction of sp³-hybridized carbons (Fsp3) is 0.400. The predicted molar refractivity (Wildman–Crippen MR) is 144 cm³/mol.